The number of aliphatic hydroxyl groups is 1. The summed E-state index contributed by atoms with van der Waals surface area (Å²) in [5.74, 6) is 0. The first-order valence-corrected chi connectivity index (χ1v) is 9.66. The van der Waals surface area contributed by atoms with Gasteiger partial charge in [-0.2, -0.15) is 0 Å². The number of hydrogen-bond acceptors (Lipinski definition) is 3. The highest BCUT2D eigenvalue weighted by Crippen LogP contribution is 2.25. The van der Waals surface area contributed by atoms with Crippen molar-refractivity contribution in [2.24, 2.45) is 0 Å². The Morgan fingerprint density at radius 2 is 1.80 bits per heavy atom. The number of benzene rings is 3. The Balaban J connectivity index is 1.84. The molecule has 3 rings (SSSR count). The number of rotatable bonds is 5. The van der Waals surface area contributed by atoms with E-state index >= 15 is 0 Å². The molecule has 0 aliphatic heterocycles. The summed E-state index contributed by atoms with van der Waals surface area (Å²) in [6, 6.07) is 18.0. The lowest BCUT2D eigenvalue weighted by Gasteiger charge is -2.15. The SMILES string of the molecule is Cc1ccc(Cl)c(S(=O)(=O)NCC(O)c2cccc3ccccc23)c1. The third kappa shape index (κ3) is 3.85. The molecule has 4 nitrogen and oxygen atoms in total. The molecule has 0 aliphatic carbocycles. The number of aryl methyl sites for hydroxylation is 1. The Kier molecular flexibility index (Phi) is 5.11. The summed E-state index contributed by atoms with van der Waals surface area (Å²) in [6.45, 7) is 1.65. The molecule has 0 amide bonds. The molecule has 6 heteroatoms. The Labute approximate surface area is 152 Å². The Bertz CT molecular complexity index is 1010. The van der Waals surface area contributed by atoms with Crippen molar-refractivity contribution in [2.45, 2.75) is 17.9 Å². The van der Waals surface area contributed by atoms with Crippen LogP contribution in [0.3, 0.4) is 0 Å². The summed E-state index contributed by atoms with van der Waals surface area (Å²) < 4.78 is 27.4. The molecule has 1 unspecified atom stereocenters. The maximum absolute atomic E-state index is 12.5. The van der Waals surface area contributed by atoms with Crippen molar-refractivity contribution >= 4 is 32.4 Å². The van der Waals surface area contributed by atoms with Crippen LogP contribution in [0.5, 0.6) is 0 Å². The van der Waals surface area contributed by atoms with Gasteiger partial charge in [-0.15, -0.1) is 0 Å². The molecule has 0 fully saturated rings. The van der Waals surface area contributed by atoms with Crippen molar-refractivity contribution < 1.29 is 13.5 Å². The van der Waals surface area contributed by atoms with Crippen molar-refractivity contribution in [2.75, 3.05) is 6.54 Å². The molecule has 130 valence electrons. The van der Waals surface area contributed by atoms with Gasteiger partial charge in [-0.25, -0.2) is 13.1 Å². The topological polar surface area (TPSA) is 66.4 Å². The van der Waals surface area contributed by atoms with E-state index < -0.39 is 16.1 Å². The van der Waals surface area contributed by atoms with Gasteiger partial charge >= 0.3 is 0 Å². The molecular formula is C19H18ClNO3S. The number of fused-ring (bicyclic) bond motifs is 1. The van der Waals surface area contributed by atoms with Gasteiger partial charge < -0.3 is 5.11 Å². The number of nitrogens with one attached hydrogen (secondary N) is 1. The van der Waals surface area contributed by atoms with Crippen LogP contribution in [0.1, 0.15) is 17.2 Å². The molecule has 3 aromatic carbocycles. The molecule has 3 aromatic rings. The second kappa shape index (κ2) is 7.14. The third-order valence-corrected chi connectivity index (χ3v) is 5.93. The normalized spacial score (nSPS) is 13.1. The van der Waals surface area contributed by atoms with Crippen molar-refractivity contribution in [1.29, 1.82) is 0 Å². The van der Waals surface area contributed by atoms with Crippen LogP contribution in [0.25, 0.3) is 10.8 Å². The minimum Gasteiger partial charge on any atom is -0.387 e. The summed E-state index contributed by atoms with van der Waals surface area (Å²) in [5, 5.41) is 12.5. The van der Waals surface area contributed by atoms with E-state index in [1.807, 2.05) is 36.4 Å². The van der Waals surface area contributed by atoms with Crippen molar-refractivity contribution in [3.05, 3.63) is 76.8 Å². The molecule has 0 heterocycles. The van der Waals surface area contributed by atoms with E-state index in [2.05, 4.69) is 4.72 Å². The van der Waals surface area contributed by atoms with Gasteiger partial charge in [-0.05, 0) is 41.0 Å². The van der Waals surface area contributed by atoms with Gasteiger partial charge in [-0.1, -0.05) is 60.1 Å². The number of hydrogen-bond donors (Lipinski definition) is 2. The molecule has 2 N–H and O–H groups in total. The highest BCUT2D eigenvalue weighted by Gasteiger charge is 2.20. The zero-order valence-electron chi connectivity index (χ0n) is 13.6. The second-order valence-electron chi connectivity index (χ2n) is 5.87. The van der Waals surface area contributed by atoms with Crippen LogP contribution in [0.15, 0.2) is 65.6 Å². The largest absolute Gasteiger partial charge is 0.387 e. The minimum atomic E-state index is -3.81. The summed E-state index contributed by atoms with van der Waals surface area (Å²) in [6.07, 6.45) is -0.968. The maximum Gasteiger partial charge on any atom is 0.242 e. The van der Waals surface area contributed by atoms with E-state index in [9.17, 15) is 13.5 Å². The monoisotopic (exact) mass is 375 g/mol. The lowest BCUT2D eigenvalue weighted by Crippen LogP contribution is -2.29. The molecule has 0 aromatic heterocycles. The predicted molar refractivity (Wildman–Crippen MR) is 100 cm³/mol. The molecular weight excluding hydrogens is 358 g/mol. The Morgan fingerprint density at radius 3 is 2.60 bits per heavy atom. The first-order valence-electron chi connectivity index (χ1n) is 7.80. The zero-order valence-corrected chi connectivity index (χ0v) is 15.2. The van der Waals surface area contributed by atoms with E-state index in [-0.39, 0.29) is 16.5 Å². The van der Waals surface area contributed by atoms with Gasteiger partial charge in [0, 0.05) is 6.54 Å². The molecule has 0 bridgehead atoms. The summed E-state index contributed by atoms with van der Waals surface area (Å²) >= 11 is 6.01. The summed E-state index contributed by atoms with van der Waals surface area (Å²) in [7, 11) is -3.81. The fourth-order valence-electron chi connectivity index (χ4n) is 2.73. The maximum atomic E-state index is 12.5. The van der Waals surface area contributed by atoms with Gasteiger partial charge in [0.15, 0.2) is 0 Å². The molecule has 0 saturated carbocycles. The molecule has 25 heavy (non-hydrogen) atoms. The first-order chi connectivity index (χ1) is 11.9. The van der Waals surface area contributed by atoms with Crippen molar-refractivity contribution in [3.63, 3.8) is 0 Å². The second-order valence-corrected chi connectivity index (χ2v) is 8.01. The van der Waals surface area contributed by atoms with Gasteiger partial charge in [0.2, 0.25) is 10.0 Å². The highest BCUT2D eigenvalue weighted by atomic mass is 35.5. The molecule has 0 aliphatic rings. The van der Waals surface area contributed by atoms with Crippen LogP contribution in [0, 0.1) is 6.92 Å². The Hall–Kier alpha value is -1.92. The lowest BCUT2D eigenvalue weighted by molar-refractivity contribution is 0.183. The van der Waals surface area contributed by atoms with E-state index in [1.54, 1.807) is 25.1 Å². The average molecular weight is 376 g/mol. The summed E-state index contributed by atoms with van der Waals surface area (Å²) in [5.41, 5.74) is 1.47. The van der Waals surface area contributed by atoms with Crippen molar-refractivity contribution in [1.82, 2.24) is 4.72 Å². The smallest absolute Gasteiger partial charge is 0.242 e. The third-order valence-electron chi connectivity index (χ3n) is 4.03. The number of halogens is 1. The lowest BCUT2D eigenvalue weighted by atomic mass is 10.0. The van der Waals surface area contributed by atoms with E-state index in [0.717, 1.165) is 16.3 Å². The molecule has 0 saturated heterocycles. The van der Waals surface area contributed by atoms with Crippen LogP contribution in [-0.4, -0.2) is 20.1 Å². The number of sulfonamides is 1. The quantitative estimate of drug-likeness (QED) is 0.712. The van der Waals surface area contributed by atoms with Crippen LogP contribution in [0.4, 0.5) is 0 Å². The minimum absolute atomic E-state index is 0.0132. The van der Waals surface area contributed by atoms with Crippen LogP contribution >= 0.6 is 11.6 Å². The first kappa shape index (κ1) is 17.9. The standard InChI is InChI=1S/C19H18ClNO3S/c1-13-9-10-17(20)19(11-13)25(23,24)21-12-18(22)16-8-4-6-14-5-2-3-7-15(14)16/h2-11,18,21-22H,12H2,1H3. The van der Waals surface area contributed by atoms with Gasteiger partial charge in [0.05, 0.1) is 11.1 Å². The fourth-order valence-corrected chi connectivity index (χ4v) is 4.35. The molecule has 1 atom stereocenters. The van der Waals surface area contributed by atoms with Gasteiger partial charge in [0.25, 0.3) is 0 Å². The number of aliphatic hydroxyl groups excluding tert-OH is 1. The van der Waals surface area contributed by atoms with E-state index in [0.29, 0.717) is 5.56 Å². The Morgan fingerprint density at radius 1 is 1.08 bits per heavy atom. The predicted octanol–water partition coefficient (Wildman–Crippen LogP) is 3.81. The highest BCUT2D eigenvalue weighted by molar-refractivity contribution is 7.89. The van der Waals surface area contributed by atoms with Gasteiger partial charge in [0.1, 0.15) is 4.90 Å². The zero-order chi connectivity index (χ0) is 18.0. The van der Waals surface area contributed by atoms with E-state index in [4.69, 9.17) is 11.6 Å². The van der Waals surface area contributed by atoms with Crippen LogP contribution < -0.4 is 4.72 Å². The van der Waals surface area contributed by atoms with Crippen molar-refractivity contribution in [3.8, 4) is 0 Å². The molecule has 0 spiro atoms. The average Bonchev–Trinajstić information content (AvgIpc) is 2.61. The van der Waals surface area contributed by atoms with E-state index in [1.165, 1.54) is 6.07 Å². The molecule has 0 radical (unpaired) electrons. The van der Waals surface area contributed by atoms with Gasteiger partial charge in [-0.3, -0.25) is 0 Å². The van der Waals surface area contributed by atoms with Crippen LogP contribution in [0.2, 0.25) is 5.02 Å². The fraction of sp³-hybridized carbons (Fsp3) is 0.158. The summed E-state index contributed by atoms with van der Waals surface area (Å²) in [4.78, 5) is 0.0132. The van der Waals surface area contributed by atoms with Crippen LogP contribution in [-0.2, 0) is 10.0 Å².